The van der Waals surface area contributed by atoms with E-state index in [-0.39, 0.29) is 12.4 Å². The molecule has 0 saturated heterocycles. The number of benzene rings is 2. The van der Waals surface area contributed by atoms with Gasteiger partial charge in [-0.15, -0.1) is 12.4 Å². The molecule has 1 aromatic heterocycles. The van der Waals surface area contributed by atoms with Gasteiger partial charge in [0.05, 0.1) is 5.69 Å². The van der Waals surface area contributed by atoms with E-state index < -0.39 is 0 Å². The summed E-state index contributed by atoms with van der Waals surface area (Å²) in [5.74, 6) is 0.837. The second kappa shape index (κ2) is 9.31. The van der Waals surface area contributed by atoms with Crippen LogP contribution in [0.5, 0.6) is 5.75 Å². The Labute approximate surface area is 166 Å². The Balaban J connectivity index is 0.00000243. The third-order valence-electron chi connectivity index (χ3n) is 4.81. The van der Waals surface area contributed by atoms with Crippen molar-refractivity contribution in [2.45, 2.75) is 27.0 Å². The zero-order valence-electron chi connectivity index (χ0n) is 15.5. The third kappa shape index (κ3) is 4.35. The number of nitrogens with zero attached hydrogens (tertiary/aromatic N) is 2. The quantitative estimate of drug-likeness (QED) is 0.514. The van der Waals surface area contributed by atoms with Gasteiger partial charge in [0.1, 0.15) is 12.4 Å². The Kier molecular flexibility index (Phi) is 7.39. The van der Waals surface area contributed by atoms with E-state index in [1.165, 1.54) is 22.2 Å². The summed E-state index contributed by atoms with van der Waals surface area (Å²) in [6, 6.07) is 16.1. The second-order valence-corrected chi connectivity index (χ2v) is 6.64. The van der Waals surface area contributed by atoms with Crippen molar-refractivity contribution in [3.63, 3.8) is 0 Å². The lowest BCUT2D eigenvalue weighted by Gasteiger charge is -2.19. The van der Waals surface area contributed by atoms with E-state index >= 15 is 0 Å². The summed E-state index contributed by atoms with van der Waals surface area (Å²) in [7, 11) is 2.12. The number of halogens is 2. The van der Waals surface area contributed by atoms with Gasteiger partial charge in [-0.3, -0.25) is 4.90 Å². The minimum atomic E-state index is 0. The normalized spacial score (nSPS) is 11.0. The molecule has 0 bridgehead atoms. The maximum Gasteiger partial charge on any atom is 0.129 e. The lowest BCUT2D eigenvalue weighted by molar-refractivity contribution is 0.278. The lowest BCUT2D eigenvalue weighted by Crippen LogP contribution is -2.23. The standard InChI is InChI=1S/C21H25ClN2O.ClH/c1-4-24(5-2)14-19-18-8-6-7-9-20(18)23(3)21(19)15-25-17-12-10-16(22)11-13-17;/h6-13H,4-5,14-15H2,1-3H3;1H. The van der Waals surface area contributed by atoms with E-state index in [0.29, 0.717) is 6.61 Å². The number of fused-ring (bicyclic) bond motifs is 1. The maximum atomic E-state index is 6.05. The van der Waals surface area contributed by atoms with Crippen molar-refractivity contribution in [3.05, 3.63) is 64.8 Å². The topological polar surface area (TPSA) is 17.4 Å². The predicted molar refractivity (Wildman–Crippen MR) is 113 cm³/mol. The minimum absolute atomic E-state index is 0. The second-order valence-electron chi connectivity index (χ2n) is 6.21. The minimum Gasteiger partial charge on any atom is -0.487 e. The van der Waals surface area contributed by atoms with E-state index in [2.05, 4.69) is 54.6 Å². The molecule has 0 aliphatic heterocycles. The fraction of sp³-hybridized carbons (Fsp3) is 0.333. The molecule has 140 valence electrons. The number of rotatable bonds is 7. The van der Waals surface area contributed by atoms with Gasteiger partial charge in [0, 0.05) is 29.5 Å². The summed E-state index contributed by atoms with van der Waals surface area (Å²) in [4.78, 5) is 2.44. The van der Waals surface area contributed by atoms with Crippen molar-refractivity contribution in [2.24, 2.45) is 7.05 Å². The molecule has 3 rings (SSSR count). The summed E-state index contributed by atoms with van der Waals surface area (Å²) in [5, 5.41) is 2.03. The third-order valence-corrected chi connectivity index (χ3v) is 5.06. The van der Waals surface area contributed by atoms with Gasteiger partial charge in [-0.2, -0.15) is 0 Å². The summed E-state index contributed by atoms with van der Waals surface area (Å²) < 4.78 is 8.30. The van der Waals surface area contributed by atoms with Gasteiger partial charge >= 0.3 is 0 Å². The molecule has 2 aromatic carbocycles. The van der Waals surface area contributed by atoms with E-state index in [1.54, 1.807) is 0 Å². The number of para-hydroxylation sites is 1. The van der Waals surface area contributed by atoms with Gasteiger partial charge in [0.25, 0.3) is 0 Å². The highest BCUT2D eigenvalue weighted by atomic mass is 35.5. The van der Waals surface area contributed by atoms with Crippen LogP contribution in [0.25, 0.3) is 10.9 Å². The van der Waals surface area contributed by atoms with Crippen LogP contribution in [0.1, 0.15) is 25.1 Å². The zero-order valence-corrected chi connectivity index (χ0v) is 17.1. The van der Waals surface area contributed by atoms with Crippen molar-refractivity contribution in [2.75, 3.05) is 13.1 Å². The van der Waals surface area contributed by atoms with Gasteiger partial charge in [0.15, 0.2) is 0 Å². The fourth-order valence-electron chi connectivity index (χ4n) is 3.24. The molecule has 3 nitrogen and oxygen atoms in total. The van der Waals surface area contributed by atoms with Crippen LogP contribution in [-0.4, -0.2) is 22.6 Å². The Bertz CT molecular complexity index is 839. The first-order chi connectivity index (χ1) is 12.1. The van der Waals surface area contributed by atoms with Crippen LogP contribution < -0.4 is 4.74 Å². The van der Waals surface area contributed by atoms with Crippen molar-refractivity contribution in [3.8, 4) is 5.75 Å². The summed E-state index contributed by atoms with van der Waals surface area (Å²) in [5.41, 5.74) is 3.83. The molecular weight excluding hydrogens is 367 g/mol. The zero-order chi connectivity index (χ0) is 17.8. The molecule has 0 aliphatic carbocycles. The van der Waals surface area contributed by atoms with Gasteiger partial charge in [0.2, 0.25) is 0 Å². The summed E-state index contributed by atoms with van der Waals surface area (Å²) >= 11 is 5.96. The van der Waals surface area contributed by atoms with Crippen LogP contribution in [0.4, 0.5) is 0 Å². The molecule has 5 heteroatoms. The molecular formula is C21H26Cl2N2O. The predicted octanol–water partition coefficient (Wildman–Crippen LogP) is 5.67. The van der Waals surface area contributed by atoms with E-state index in [1.807, 2.05) is 24.3 Å². The number of hydrogen-bond donors (Lipinski definition) is 0. The number of aromatic nitrogens is 1. The molecule has 0 radical (unpaired) electrons. The summed E-state index contributed by atoms with van der Waals surface area (Å²) in [6.45, 7) is 7.97. The van der Waals surface area contributed by atoms with Crippen LogP contribution in [0, 0.1) is 0 Å². The molecule has 0 fully saturated rings. The molecule has 3 aromatic rings. The molecule has 0 N–H and O–H groups in total. The van der Waals surface area contributed by atoms with Crippen LogP contribution in [-0.2, 0) is 20.2 Å². The van der Waals surface area contributed by atoms with E-state index in [9.17, 15) is 0 Å². The van der Waals surface area contributed by atoms with E-state index in [0.717, 1.165) is 30.4 Å². The first-order valence-electron chi connectivity index (χ1n) is 8.79. The van der Waals surface area contributed by atoms with Crippen molar-refractivity contribution in [1.82, 2.24) is 9.47 Å². The van der Waals surface area contributed by atoms with Gasteiger partial charge in [-0.05, 0) is 49.0 Å². The molecule has 1 heterocycles. The van der Waals surface area contributed by atoms with Gasteiger partial charge < -0.3 is 9.30 Å². The Morgan fingerprint density at radius 3 is 2.31 bits per heavy atom. The molecule has 0 amide bonds. The van der Waals surface area contributed by atoms with Crippen molar-refractivity contribution in [1.29, 1.82) is 0 Å². The highest BCUT2D eigenvalue weighted by Gasteiger charge is 2.17. The number of hydrogen-bond acceptors (Lipinski definition) is 2. The fourth-order valence-corrected chi connectivity index (χ4v) is 3.36. The molecule has 0 spiro atoms. The Hall–Kier alpha value is -1.68. The van der Waals surface area contributed by atoms with Crippen LogP contribution >= 0.6 is 24.0 Å². The first kappa shape index (κ1) is 20.6. The van der Waals surface area contributed by atoms with Crippen LogP contribution in [0.2, 0.25) is 5.02 Å². The average Bonchev–Trinajstić information content (AvgIpc) is 2.91. The highest BCUT2D eigenvalue weighted by Crippen LogP contribution is 2.28. The lowest BCUT2D eigenvalue weighted by atomic mass is 10.1. The van der Waals surface area contributed by atoms with Gasteiger partial charge in [-0.25, -0.2) is 0 Å². The Morgan fingerprint density at radius 2 is 1.65 bits per heavy atom. The van der Waals surface area contributed by atoms with Crippen molar-refractivity contribution >= 4 is 34.9 Å². The first-order valence-corrected chi connectivity index (χ1v) is 9.17. The SMILES string of the molecule is CCN(CC)Cc1c(COc2ccc(Cl)cc2)n(C)c2ccccc12.Cl. The smallest absolute Gasteiger partial charge is 0.129 e. The molecule has 0 atom stereocenters. The molecule has 26 heavy (non-hydrogen) atoms. The largest absolute Gasteiger partial charge is 0.487 e. The molecule has 0 saturated carbocycles. The van der Waals surface area contributed by atoms with Gasteiger partial charge in [-0.1, -0.05) is 43.6 Å². The summed E-state index contributed by atoms with van der Waals surface area (Å²) in [6.07, 6.45) is 0. The molecule has 0 unspecified atom stereocenters. The number of aryl methyl sites for hydroxylation is 1. The maximum absolute atomic E-state index is 6.05. The average molecular weight is 393 g/mol. The highest BCUT2D eigenvalue weighted by molar-refractivity contribution is 6.30. The van der Waals surface area contributed by atoms with Crippen molar-refractivity contribution < 1.29 is 4.74 Å². The van der Waals surface area contributed by atoms with Crippen LogP contribution in [0.15, 0.2) is 48.5 Å². The Morgan fingerprint density at radius 1 is 1.00 bits per heavy atom. The number of ether oxygens (including phenoxy) is 1. The molecule has 0 aliphatic rings. The van der Waals surface area contributed by atoms with E-state index in [4.69, 9.17) is 16.3 Å². The monoisotopic (exact) mass is 392 g/mol. The van der Waals surface area contributed by atoms with Crippen LogP contribution in [0.3, 0.4) is 0 Å².